The second-order valence-electron chi connectivity index (χ2n) is 3.37. The summed E-state index contributed by atoms with van der Waals surface area (Å²) in [5.41, 5.74) is 1.40. The highest BCUT2D eigenvalue weighted by Gasteiger charge is 2.01. The number of rotatable bonds is 3. The van der Waals surface area contributed by atoms with Gasteiger partial charge in [-0.15, -0.1) is 23.1 Å². The third-order valence-corrected chi connectivity index (χ3v) is 3.89. The molecule has 13 heavy (non-hydrogen) atoms. The van der Waals surface area contributed by atoms with Crippen LogP contribution in [0.25, 0.3) is 0 Å². The number of aryl methyl sites for hydroxylation is 2. The van der Waals surface area contributed by atoms with Crippen molar-refractivity contribution in [2.75, 3.05) is 5.75 Å². The Morgan fingerprint density at radius 3 is 2.62 bits per heavy atom. The largest absolute Gasteiger partial charge is 0.145 e. The Morgan fingerprint density at radius 1 is 1.46 bits per heavy atom. The van der Waals surface area contributed by atoms with E-state index in [4.69, 9.17) is 0 Å². The van der Waals surface area contributed by atoms with Gasteiger partial charge in [-0.1, -0.05) is 11.6 Å². The Bertz CT molecular complexity index is 304. The molecule has 0 saturated heterocycles. The average Bonchev–Trinajstić information content (AvgIpc) is 2.29. The van der Waals surface area contributed by atoms with Gasteiger partial charge in [-0.25, -0.2) is 0 Å². The lowest BCUT2D eigenvalue weighted by Crippen LogP contribution is -1.74. The van der Waals surface area contributed by atoms with Gasteiger partial charge in [0, 0.05) is 20.4 Å². The summed E-state index contributed by atoms with van der Waals surface area (Å²) in [7, 11) is 0. The highest BCUT2D eigenvalue weighted by Crippen LogP contribution is 2.29. The second-order valence-corrected chi connectivity index (χ2v) is 5.89. The third kappa shape index (κ3) is 3.57. The minimum absolute atomic E-state index is 1.10. The average molecular weight is 212 g/mol. The van der Waals surface area contributed by atoms with Crippen LogP contribution in [0.5, 0.6) is 0 Å². The zero-order valence-corrected chi connectivity index (χ0v) is 10.3. The fourth-order valence-electron chi connectivity index (χ4n) is 1.05. The molecule has 0 nitrogen and oxygen atoms in total. The minimum atomic E-state index is 1.10. The van der Waals surface area contributed by atoms with Gasteiger partial charge in [0.25, 0.3) is 0 Å². The summed E-state index contributed by atoms with van der Waals surface area (Å²) in [5.74, 6) is 1.10. The van der Waals surface area contributed by atoms with Crippen LogP contribution in [0.15, 0.2) is 22.6 Å². The van der Waals surface area contributed by atoms with E-state index in [1.165, 1.54) is 20.2 Å². The van der Waals surface area contributed by atoms with Crippen molar-refractivity contribution in [3.05, 3.63) is 27.5 Å². The van der Waals surface area contributed by atoms with Gasteiger partial charge < -0.3 is 0 Å². The molecule has 0 saturated carbocycles. The Morgan fingerprint density at radius 2 is 2.15 bits per heavy atom. The topological polar surface area (TPSA) is 0 Å². The molecular weight excluding hydrogens is 196 g/mol. The van der Waals surface area contributed by atoms with E-state index in [2.05, 4.69) is 39.8 Å². The first kappa shape index (κ1) is 10.9. The number of thioether (sulfide) groups is 1. The number of thiophene rings is 1. The number of hydrogen-bond acceptors (Lipinski definition) is 2. The summed E-state index contributed by atoms with van der Waals surface area (Å²) >= 11 is 3.82. The Labute approximate surface area is 89.1 Å². The predicted molar refractivity (Wildman–Crippen MR) is 63.9 cm³/mol. The molecule has 0 unspecified atom stereocenters. The first-order valence-electron chi connectivity index (χ1n) is 4.43. The van der Waals surface area contributed by atoms with Crippen LogP contribution in [-0.2, 0) is 0 Å². The van der Waals surface area contributed by atoms with E-state index in [9.17, 15) is 0 Å². The van der Waals surface area contributed by atoms with Gasteiger partial charge >= 0.3 is 0 Å². The molecule has 1 rings (SSSR count). The number of allylic oxidation sites excluding steroid dienone is 1. The van der Waals surface area contributed by atoms with Gasteiger partial charge in [0.05, 0.1) is 0 Å². The summed E-state index contributed by atoms with van der Waals surface area (Å²) < 4.78 is 0. The van der Waals surface area contributed by atoms with Crippen LogP contribution >= 0.6 is 23.1 Å². The molecule has 0 aliphatic carbocycles. The smallest absolute Gasteiger partial charge is 0.0214 e. The van der Waals surface area contributed by atoms with Crippen molar-refractivity contribution in [1.82, 2.24) is 0 Å². The maximum atomic E-state index is 2.28. The van der Waals surface area contributed by atoms with Crippen molar-refractivity contribution in [2.24, 2.45) is 0 Å². The Hall–Kier alpha value is -0.210. The van der Waals surface area contributed by atoms with Gasteiger partial charge in [0.1, 0.15) is 0 Å². The van der Waals surface area contributed by atoms with E-state index in [0.717, 1.165) is 5.75 Å². The molecule has 0 spiro atoms. The molecule has 72 valence electrons. The van der Waals surface area contributed by atoms with E-state index < -0.39 is 0 Å². The van der Waals surface area contributed by atoms with E-state index in [0.29, 0.717) is 0 Å². The molecule has 0 aromatic carbocycles. The lowest BCUT2D eigenvalue weighted by Gasteiger charge is -1.95. The third-order valence-electron chi connectivity index (χ3n) is 1.73. The predicted octanol–water partition coefficient (Wildman–Crippen LogP) is 4.42. The highest BCUT2D eigenvalue weighted by molar-refractivity contribution is 7.99. The van der Waals surface area contributed by atoms with Crippen molar-refractivity contribution in [3.8, 4) is 0 Å². The summed E-state index contributed by atoms with van der Waals surface area (Å²) in [5, 5.41) is 0. The summed E-state index contributed by atoms with van der Waals surface area (Å²) in [6.45, 7) is 8.66. The maximum absolute atomic E-state index is 2.28. The van der Waals surface area contributed by atoms with E-state index in [1.54, 1.807) is 0 Å². The first-order chi connectivity index (χ1) is 6.09. The van der Waals surface area contributed by atoms with Gasteiger partial charge in [0.15, 0.2) is 0 Å². The quantitative estimate of drug-likeness (QED) is 0.528. The van der Waals surface area contributed by atoms with Gasteiger partial charge in [-0.2, -0.15) is 0 Å². The molecule has 2 heteroatoms. The molecule has 0 amide bonds. The van der Waals surface area contributed by atoms with Crippen molar-refractivity contribution < 1.29 is 0 Å². The molecular formula is C11H16S2. The van der Waals surface area contributed by atoms with Crippen LogP contribution in [0.4, 0.5) is 0 Å². The van der Waals surface area contributed by atoms with E-state index >= 15 is 0 Å². The molecule has 0 bridgehead atoms. The van der Waals surface area contributed by atoms with Crippen molar-refractivity contribution >= 4 is 23.1 Å². The molecule has 1 aromatic heterocycles. The maximum Gasteiger partial charge on any atom is 0.0214 e. The summed E-state index contributed by atoms with van der Waals surface area (Å²) in [6.07, 6.45) is 2.27. The zero-order valence-electron chi connectivity index (χ0n) is 8.68. The lowest BCUT2D eigenvalue weighted by atomic mass is 10.3. The Kier molecular flexibility index (Phi) is 4.07. The molecule has 1 heterocycles. The number of hydrogen-bond donors (Lipinski definition) is 0. The van der Waals surface area contributed by atoms with Crippen LogP contribution in [-0.4, -0.2) is 5.75 Å². The molecule has 0 fully saturated rings. The summed E-state index contributed by atoms with van der Waals surface area (Å²) in [6, 6.07) is 2.28. The van der Waals surface area contributed by atoms with Gasteiger partial charge in [0.2, 0.25) is 0 Å². The fraction of sp³-hybridized carbons (Fsp3) is 0.455. The zero-order chi connectivity index (χ0) is 9.84. The molecule has 0 atom stereocenters. The van der Waals surface area contributed by atoms with Crippen LogP contribution in [0, 0.1) is 13.8 Å². The molecule has 1 aromatic rings. The lowest BCUT2D eigenvalue weighted by molar-refractivity contribution is 1.36. The first-order valence-corrected chi connectivity index (χ1v) is 6.23. The van der Waals surface area contributed by atoms with Crippen LogP contribution < -0.4 is 0 Å². The fourth-order valence-corrected chi connectivity index (χ4v) is 3.30. The van der Waals surface area contributed by atoms with Crippen molar-refractivity contribution in [2.45, 2.75) is 32.6 Å². The SMILES string of the molecule is CC(C)=CCSc1cc(C)sc1C. The second kappa shape index (κ2) is 4.87. The summed E-state index contributed by atoms with van der Waals surface area (Å²) in [4.78, 5) is 4.31. The molecule has 0 N–H and O–H groups in total. The molecule has 0 aliphatic heterocycles. The van der Waals surface area contributed by atoms with Crippen molar-refractivity contribution in [3.63, 3.8) is 0 Å². The molecule has 0 aliphatic rings. The standard InChI is InChI=1S/C11H16S2/c1-8(2)5-6-12-11-7-9(3)13-10(11)4/h5,7H,6H2,1-4H3. The van der Waals surface area contributed by atoms with Crippen molar-refractivity contribution in [1.29, 1.82) is 0 Å². The minimum Gasteiger partial charge on any atom is -0.145 e. The van der Waals surface area contributed by atoms with E-state index in [-0.39, 0.29) is 0 Å². The monoisotopic (exact) mass is 212 g/mol. The highest BCUT2D eigenvalue weighted by atomic mass is 32.2. The van der Waals surface area contributed by atoms with Crippen LogP contribution in [0.1, 0.15) is 23.6 Å². The Balaban J connectivity index is 2.54. The molecule has 0 radical (unpaired) electrons. The van der Waals surface area contributed by atoms with Crippen LogP contribution in [0.2, 0.25) is 0 Å². The normalized spacial score (nSPS) is 10.2. The van der Waals surface area contributed by atoms with E-state index in [1.807, 2.05) is 23.1 Å². The van der Waals surface area contributed by atoms with Crippen LogP contribution in [0.3, 0.4) is 0 Å². The van der Waals surface area contributed by atoms with Gasteiger partial charge in [-0.3, -0.25) is 0 Å². The van der Waals surface area contributed by atoms with Gasteiger partial charge in [-0.05, 0) is 33.8 Å².